The molecule has 1 aliphatic heterocycles. The Labute approximate surface area is 192 Å². The highest BCUT2D eigenvalue weighted by atomic mass is 16.3. The van der Waals surface area contributed by atoms with Crippen LogP contribution in [0.15, 0.2) is 77.9 Å². The van der Waals surface area contributed by atoms with E-state index in [2.05, 4.69) is 17.0 Å². The minimum absolute atomic E-state index is 0.119. The van der Waals surface area contributed by atoms with E-state index >= 15 is 0 Å². The van der Waals surface area contributed by atoms with Crippen molar-refractivity contribution in [2.24, 2.45) is 0 Å². The summed E-state index contributed by atoms with van der Waals surface area (Å²) in [6.45, 7) is 1.64. The van der Waals surface area contributed by atoms with Gasteiger partial charge in [-0.15, -0.1) is 0 Å². The smallest absolute Gasteiger partial charge is 0.187 e. The molecule has 33 heavy (non-hydrogen) atoms. The third kappa shape index (κ3) is 5.42. The van der Waals surface area contributed by atoms with Crippen molar-refractivity contribution < 1.29 is 25.2 Å². The molecular formula is C27H25NO5. The number of carbonyl (C=O) groups excluding carboxylic acids is 1. The van der Waals surface area contributed by atoms with Crippen LogP contribution in [0.4, 0.5) is 0 Å². The van der Waals surface area contributed by atoms with E-state index in [4.69, 9.17) is 0 Å². The van der Waals surface area contributed by atoms with E-state index in [1.807, 2.05) is 18.2 Å². The van der Waals surface area contributed by atoms with Crippen molar-refractivity contribution in [2.75, 3.05) is 19.6 Å². The molecule has 6 heteroatoms. The van der Waals surface area contributed by atoms with Crippen LogP contribution < -0.4 is 0 Å². The number of Topliss-reactive ketones (excluding diaryl/α,β-unsaturated/α-hetero) is 1. The standard InChI is InChI=1S/C27H25NO5/c29-23-8-6-19(14-25(23)31)12-21-16-28(11-10-18-4-2-1-3-5-18)17-22(27(21)33)13-20-7-9-24(30)26(32)15-20/h1-9,12-15,29-32H,10-11,16-17H2/b21-12+,22-13+. The Balaban J connectivity index is 1.65. The first-order valence-electron chi connectivity index (χ1n) is 10.6. The maximum absolute atomic E-state index is 13.3. The Morgan fingerprint density at radius 2 is 1.21 bits per heavy atom. The number of phenols is 4. The zero-order valence-corrected chi connectivity index (χ0v) is 18.0. The molecule has 1 heterocycles. The maximum atomic E-state index is 13.3. The predicted octanol–water partition coefficient (Wildman–Crippen LogP) is 4.10. The molecule has 0 amide bonds. The summed E-state index contributed by atoms with van der Waals surface area (Å²) in [6.07, 6.45) is 4.27. The summed E-state index contributed by atoms with van der Waals surface area (Å²) in [7, 11) is 0. The normalized spacial score (nSPS) is 17.0. The lowest BCUT2D eigenvalue weighted by molar-refractivity contribution is -0.113. The van der Waals surface area contributed by atoms with Crippen molar-refractivity contribution in [1.29, 1.82) is 0 Å². The number of aromatic hydroxyl groups is 4. The molecule has 1 fully saturated rings. The Bertz CT molecular complexity index is 1160. The van der Waals surface area contributed by atoms with Crippen molar-refractivity contribution in [3.8, 4) is 23.0 Å². The molecule has 1 aliphatic rings. The molecule has 0 unspecified atom stereocenters. The number of hydrogen-bond donors (Lipinski definition) is 4. The van der Waals surface area contributed by atoms with Crippen LogP contribution in [0.25, 0.3) is 12.2 Å². The van der Waals surface area contributed by atoms with E-state index in [-0.39, 0.29) is 28.8 Å². The topological polar surface area (TPSA) is 101 Å². The lowest BCUT2D eigenvalue weighted by atomic mass is 9.93. The van der Waals surface area contributed by atoms with Gasteiger partial charge in [-0.3, -0.25) is 9.69 Å². The summed E-state index contributed by atoms with van der Waals surface area (Å²) in [4.78, 5) is 15.4. The van der Waals surface area contributed by atoms with E-state index in [1.54, 1.807) is 24.3 Å². The fourth-order valence-electron chi connectivity index (χ4n) is 3.86. The second-order valence-corrected chi connectivity index (χ2v) is 8.11. The predicted molar refractivity (Wildman–Crippen MR) is 127 cm³/mol. The van der Waals surface area contributed by atoms with Crippen molar-refractivity contribution in [3.63, 3.8) is 0 Å². The van der Waals surface area contributed by atoms with Crippen molar-refractivity contribution >= 4 is 17.9 Å². The fraction of sp³-hybridized carbons (Fsp3) is 0.148. The summed E-state index contributed by atoms with van der Waals surface area (Å²) in [5.41, 5.74) is 3.56. The first-order chi connectivity index (χ1) is 15.9. The SMILES string of the molecule is O=C1/C(=C/c2ccc(O)c(O)c2)CN(CCc2ccccc2)C/C1=C\c1ccc(O)c(O)c1. The number of nitrogens with zero attached hydrogens (tertiary/aromatic N) is 1. The highest BCUT2D eigenvalue weighted by Crippen LogP contribution is 2.29. The van der Waals surface area contributed by atoms with Crippen LogP contribution in [0.5, 0.6) is 23.0 Å². The second-order valence-electron chi connectivity index (χ2n) is 8.11. The van der Waals surface area contributed by atoms with Gasteiger partial charge in [0, 0.05) is 30.8 Å². The molecule has 3 aromatic carbocycles. The highest BCUT2D eigenvalue weighted by Gasteiger charge is 2.26. The Kier molecular flexibility index (Phi) is 6.47. The molecule has 0 saturated carbocycles. The zero-order valence-electron chi connectivity index (χ0n) is 18.0. The summed E-state index contributed by atoms with van der Waals surface area (Å²) in [5, 5.41) is 38.8. The van der Waals surface area contributed by atoms with Crippen LogP contribution in [0.3, 0.4) is 0 Å². The Morgan fingerprint density at radius 1 is 0.697 bits per heavy atom. The van der Waals surface area contributed by atoms with E-state index in [0.717, 1.165) is 13.0 Å². The number of carbonyl (C=O) groups is 1. The van der Waals surface area contributed by atoms with Gasteiger partial charge < -0.3 is 20.4 Å². The molecule has 0 atom stereocenters. The van der Waals surface area contributed by atoms with Crippen LogP contribution in [0.2, 0.25) is 0 Å². The third-order valence-corrected chi connectivity index (χ3v) is 5.61. The minimum Gasteiger partial charge on any atom is -0.504 e. The average molecular weight is 443 g/mol. The van der Waals surface area contributed by atoms with Gasteiger partial charge in [-0.1, -0.05) is 42.5 Å². The van der Waals surface area contributed by atoms with Crippen LogP contribution in [0.1, 0.15) is 16.7 Å². The number of phenolic OH excluding ortho intramolecular Hbond substituents is 4. The highest BCUT2D eigenvalue weighted by molar-refractivity contribution is 6.14. The number of likely N-dealkylation sites (tertiary alicyclic amines) is 1. The summed E-state index contributed by atoms with van der Waals surface area (Å²) in [5.74, 6) is -1.05. The van der Waals surface area contributed by atoms with Gasteiger partial charge in [-0.2, -0.15) is 0 Å². The van der Waals surface area contributed by atoms with Crippen LogP contribution >= 0.6 is 0 Å². The summed E-state index contributed by atoms with van der Waals surface area (Å²) < 4.78 is 0. The molecule has 0 spiro atoms. The number of rotatable bonds is 5. The summed E-state index contributed by atoms with van der Waals surface area (Å²) >= 11 is 0. The zero-order chi connectivity index (χ0) is 23.4. The maximum Gasteiger partial charge on any atom is 0.187 e. The van der Waals surface area contributed by atoms with Gasteiger partial charge in [0.25, 0.3) is 0 Å². The molecule has 0 radical (unpaired) electrons. The first kappa shape index (κ1) is 22.2. The van der Waals surface area contributed by atoms with Crippen LogP contribution in [0, 0.1) is 0 Å². The molecule has 168 valence electrons. The van der Waals surface area contributed by atoms with Crippen LogP contribution in [-0.2, 0) is 11.2 Å². The van der Waals surface area contributed by atoms with E-state index in [9.17, 15) is 25.2 Å². The molecular weight excluding hydrogens is 418 g/mol. The quantitative estimate of drug-likeness (QED) is 0.350. The Morgan fingerprint density at radius 3 is 1.70 bits per heavy atom. The molecule has 0 aromatic heterocycles. The van der Waals surface area contributed by atoms with Gasteiger partial charge in [0.2, 0.25) is 0 Å². The van der Waals surface area contributed by atoms with Crippen molar-refractivity contribution in [2.45, 2.75) is 6.42 Å². The largest absolute Gasteiger partial charge is 0.504 e. The van der Waals surface area contributed by atoms with Gasteiger partial charge in [-0.05, 0) is 59.5 Å². The number of piperidine rings is 1. The number of benzene rings is 3. The molecule has 3 aromatic rings. The van der Waals surface area contributed by atoms with Crippen LogP contribution in [-0.4, -0.2) is 50.7 Å². The van der Waals surface area contributed by atoms with Gasteiger partial charge in [0.05, 0.1) is 0 Å². The molecule has 0 aliphatic carbocycles. The monoisotopic (exact) mass is 443 g/mol. The van der Waals surface area contributed by atoms with Gasteiger partial charge in [0.15, 0.2) is 28.8 Å². The fourth-order valence-corrected chi connectivity index (χ4v) is 3.86. The van der Waals surface area contributed by atoms with Crippen molar-refractivity contribution in [3.05, 3.63) is 94.6 Å². The molecule has 4 N–H and O–H groups in total. The van der Waals surface area contributed by atoms with Gasteiger partial charge >= 0.3 is 0 Å². The molecule has 0 bridgehead atoms. The molecule has 6 nitrogen and oxygen atoms in total. The third-order valence-electron chi connectivity index (χ3n) is 5.61. The van der Waals surface area contributed by atoms with E-state index in [1.165, 1.54) is 29.8 Å². The lowest BCUT2D eigenvalue weighted by Gasteiger charge is -2.30. The van der Waals surface area contributed by atoms with E-state index in [0.29, 0.717) is 35.4 Å². The van der Waals surface area contributed by atoms with Crippen molar-refractivity contribution in [1.82, 2.24) is 4.90 Å². The lowest BCUT2D eigenvalue weighted by Crippen LogP contribution is -2.38. The molecule has 1 saturated heterocycles. The van der Waals surface area contributed by atoms with E-state index < -0.39 is 0 Å². The van der Waals surface area contributed by atoms with Gasteiger partial charge in [0.1, 0.15) is 0 Å². The molecule has 4 rings (SSSR count). The average Bonchev–Trinajstić information content (AvgIpc) is 2.81. The number of ketones is 1. The number of hydrogen-bond acceptors (Lipinski definition) is 6. The van der Waals surface area contributed by atoms with Gasteiger partial charge in [-0.25, -0.2) is 0 Å². The summed E-state index contributed by atoms with van der Waals surface area (Å²) in [6, 6.07) is 19.0. The minimum atomic E-state index is -0.246. The Hall–Kier alpha value is -4.03. The second kappa shape index (κ2) is 9.63. The first-order valence-corrected chi connectivity index (χ1v) is 10.6.